The van der Waals surface area contributed by atoms with Gasteiger partial charge < -0.3 is 40.2 Å². The Morgan fingerprint density at radius 2 is 1.45 bits per heavy atom. The van der Waals surface area contributed by atoms with Crippen LogP contribution in [0.15, 0.2) is 90.1 Å². The molecule has 3 fully saturated rings. The van der Waals surface area contributed by atoms with Crippen molar-refractivity contribution in [1.29, 1.82) is 0 Å². The summed E-state index contributed by atoms with van der Waals surface area (Å²) >= 11 is 0. The molecule has 14 heteroatoms. The molecule has 1 saturated carbocycles. The highest BCUT2D eigenvalue weighted by atomic mass is 16.5. The van der Waals surface area contributed by atoms with Crippen molar-refractivity contribution in [3.05, 3.63) is 102 Å². The lowest BCUT2D eigenvalue weighted by Crippen LogP contribution is -2.47. The molecule has 4 N–H and O–H groups in total. The van der Waals surface area contributed by atoms with Gasteiger partial charge in [-0.05, 0) is 72.8 Å². The molecule has 0 bridgehead atoms. The molecule has 1 aromatic heterocycles. The largest absolute Gasteiger partial charge is 0.453 e. The zero-order chi connectivity index (χ0) is 40.2. The molecular formula is C44H50N8O6. The number of carbonyl (C=O) groups excluding carboxylic acids is 4. The van der Waals surface area contributed by atoms with Crippen molar-refractivity contribution in [3.8, 4) is 22.4 Å². The standard InChI is InChI=1S/C44H50N8O6/c1-57-43(55)47-33-21-20-32(24-33)41(53)51-22-6-10-36(51)39-45-25-34(48-39)29-16-12-27(13-17-29)28-14-18-30(19-15-28)35-26-46-40(49-35)37-11-7-23-52(37)42(54)38(50-44(56)58-2)31-8-4-3-5-9-31/h3-5,8-9,12-19,26,32-34,36-38H,6-7,10-11,20-25H2,1-2H3,(H,45,48)(H,46,49)(H,47,55)(H,50,56)/t32-,33+,34?,36+,37+,38-/m1/s1. The minimum absolute atomic E-state index is 0.0348. The summed E-state index contributed by atoms with van der Waals surface area (Å²) in [6, 6.07) is 24.9. The lowest BCUT2D eigenvalue weighted by atomic mass is 9.99. The van der Waals surface area contributed by atoms with Crippen LogP contribution in [0.1, 0.15) is 80.0 Å². The number of benzene rings is 3. The van der Waals surface area contributed by atoms with Crippen LogP contribution in [0.4, 0.5) is 9.59 Å². The van der Waals surface area contributed by atoms with Gasteiger partial charge in [-0.15, -0.1) is 0 Å². The summed E-state index contributed by atoms with van der Waals surface area (Å²) in [5.74, 6) is 1.45. The Morgan fingerprint density at radius 1 is 0.776 bits per heavy atom. The predicted molar refractivity (Wildman–Crippen MR) is 217 cm³/mol. The zero-order valence-electron chi connectivity index (χ0n) is 32.9. The molecule has 0 spiro atoms. The number of aromatic amines is 1. The normalized spacial score (nSPS) is 23.2. The molecule has 0 radical (unpaired) electrons. The van der Waals surface area contributed by atoms with Gasteiger partial charge in [0.2, 0.25) is 5.91 Å². The first-order chi connectivity index (χ1) is 28.3. The van der Waals surface area contributed by atoms with Crippen molar-refractivity contribution < 1.29 is 28.7 Å². The maximum atomic E-state index is 13.9. The highest BCUT2D eigenvalue weighted by Crippen LogP contribution is 2.35. The second kappa shape index (κ2) is 17.1. The quantitative estimate of drug-likeness (QED) is 0.150. The maximum Gasteiger partial charge on any atom is 0.407 e. The summed E-state index contributed by atoms with van der Waals surface area (Å²) in [5, 5.41) is 9.20. The van der Waals surface area contributed by atoms with Crippen molar-refractivity contribution in [2.45, 2.75) is 75.2 Å². The van der Waals surface area contributed by atoms with E-state index in [0.29, 0.717) is 30.9 Å². The molecule has 8 rings (SSSR count). The summed E-state index contributed by atoms with van der Waals surface area (Å²) in [6.45, 7) is 1.90. The molecule has 14 nitrogen and oxygen atoms in total. The van der Waals surface area contributed by atoms with Crippen molar-refractivity contribution in [2.75, 3.05) is 33.9 Å². The van der Waals surface area contributed by atoms with E-state index in [-0.39, 0.29) is 41.9 Å². The number of alkyl carbamates (subject to hydrolysis) is 2. The van der Waals surface area contributed by atoms with Crippen LogP contribution in [-0.2, 0) is 19.1 Å². The minimum atomic E-state index is -0.874. The maximum absolute atomic E-state index is 13.9. The lowest BCUT2D eigenvalue weighted by Gasteiger charge is -2.28. The molecule has 302 valence electrons. The number of likely N-dealkylation sites (tertiary alicyclic amines) is 2. The molecule has 6 atom stereocenters. The number of aromatic nitrogens is 2. The highest BCUT2D eigenvalue weighted by Gasteiger charge is 2.41. The number of imidazole rings is 1. The average Bonchev–Trinajstić information content (AvgIpc) is 4.12. The fraction of sp³-hybridized carbons (Fsp3) is 0.409. The van der Waals surface area contributed by atoms with Crippen LogP contribution in [0.3, 0.4) is 0 Å². The molecule has 2 saturated heterocycles. The van der Waals surface area contributed by atoms with Crippen LogP contribution in [0, 0.1) is 5.92 Å². The first-order valence-corrected chi connectivity index (χ1v) is 20.2. The number of hydrogen-bond donors (Lipinski definition) is 4. The number of methoxy groups -OCH3 is 2. The highest BCUT2D eigenvalue weighted by molar-refractivity contribution is 5.94. The molecule has 3 aliphatic heterocycles. The van der Waals surface area contributed by atoms with E-state index < -0.39 is 18.2 Å². The molecule has 4 heterocycles. The number of nitrogens with one attached hydrogen (secondary N) is 4. The Labute approximate surface area is 337 Å². The first kappa shape index (κ1) is 38.7. The summed E-state index contributed by atoms with van der Waals surface area (Å²) < 4.78 is 9.57. The van der Waals surface area contributed by atoms with Crippen LogP contribution in [-0.4, -0.2) is 95.5 Å². The van der Waals surface area contributed by atoms with E-state index in [4.69, 9.17) is 19.5 Å². The smallest absolute Gasteiger partial charge is 0.407 e. The van der Waals surface area contributed by atoms with E-state index in [2.05, 4.69) is 69.5 Å². The molecule has 58 heavy (non-hydrogen) atoms. The van der Waals surface area contributed by atoms with E-state index in [1.807, 2.05) is 41.4 Å². The Bertz CT molecular complexity index is 2140. The van der Waals surface area contributed by atoms with E-state index in [1.165, 1.54) is 14.2 Å². The third kappa shape index (κ3) is 8.13. The van der Waals surface area contributed by atoms with Gasteiger partial charge in [-0.25, -0.2) is 14.6 Å². The van der Waals surface area contributed by atoms with Crippen molar-refractivity contribution >= 4 is 29.8 Å². The number of nitrogens with zero attached hydrogens (tertiary/aromatic N) is 4. The molecule has 4 amide bonds. The van der Waals surface area contributed by atoms with Crippen LogP contribution in [0.25, 0.3) is 22.4 Å². The molecule has 1 aliphatic carbocycles. The van der Waals surface area contributed by atoms with Gasteiger partial charge in [0.15, 0.2) is 0 Å². The fourth-order valence-electron chi connectivity index (χ4n) is 8.95. The summed E-state index contributed by atoms with van der Waals surface area (Å²) in [5.41, 5.74) is 5.84. The van der Waals surface area contributed by atoms with Crippen molar-refractivity contribution in [1.82, 2.24) is 35.7 Å². The van der Waals surface area contributed by atoms with E-state index in [1.54, 1.807) is 4.90 Å². The van der Waals surface area contributed by atoms with Crippen molar-refractivity contribution in [2.24, 2.45) is 10.9 Å². The zero-order valence-corrected chi connectivity index (χ0v) is 32.9. The number of carbonyl (C=O) groups is 4. The number of amides is 4. The van der Waals surface area contributed by atoms with Crippen LogP contribution in [0.2, 0.25) is 0 Å². The van der Waals surface area contributed by atoms with Crippen molar-refractivity contribution in [3.63, 3.8) is 0 Å². The Hall–Kier alpha value is -6.18. The average molecular weight is 787 g/mol. The predicted octanol–water partition coefficient (Wildman–Crippen LogP) is 6.06. The number of hydrogen-bond acceptors (Lipinski definition) is 9. The summed E-state index contributed by atoms with van der Waals surface area (Å²) in [4.78, 5) is 68.2. The number of amidine groups is 1. The Balaban J connectivity index is 0.874. The van der Waals surface area contributed by atoms with Gasteiger partial charge in [-0.3, -0.25) is 14.6 Å². The second-order valence-corrected chi connectivity index (χ2v) is 15.5. The summed E-state index contributed by atoms with van der Waals surface area (Å²) in [6.07, 6.45) is 6.28. The molecular weight excluding hydrogens is 737 g/mol. The summed E-state index contributed by atoms with van der Waals surface area (Å²) in [7, 11) is 2.64. The third-order valence-electron chi connectivity index (χ3n) is 12.0. The van der Waals surface area contributed by atoms with Gasteiger partial charge in [0.25, 0.3) is 5.91 Å². The van der Waals surface area contributed by atoms with Gasteiger partial charge in [-0.1, -0.05) is 78.9 Å². The lowest BCUT2D eigenvalue weighted by molar-refractivity contribution is -0.135. The van der Waals surface area contributed by atoms with Gasteiger partial charge in [0.1, 0.15) is 17.7 Å². The molecule has 3 aromatic carbocycles. The molecule has 4 aliphatic rings. The molecule has 4 aromatic rings. The van der Waals surface area contributed by atoms with Gasteiger partial charge in [0.05, 0.1) is 50.8 Å². The van der Waals surface area contributed by atoms with Crippen LogP contribution >= 0.6 is 0 Å². The van der Waals surface area contributed by atoms with E-state index in [9.17, 15) is 19.2 Å². The number of rotatable bonds is 10. The fourth-order valence-corrected chi connectivity index (χ4v) is 8.95. The van der Waals surface area contributed by atoms with Gasteiger partial charge >= 0.3 is 12.2 Å². The monoisotopic (exact) mass is 786 g/mol. The molecule has 1 unspecified atom stereocenters. The van der Waals surface area contributed by atoms with Crippen LogP contribution in [0.5, 0.6) is 0 Å². The SMILES string of the molecule is COC(=O)N[C@H]1CC[C@@H](C(=O)N2CCC[C@H]2C2=NCC(c3ccc(-c4ccc(-c5cnc([C@@H]6CCCN6C(=O)[C@H](NC(=O)OC)c6ccccc6)[nH]5)cc4)cc3)N2)C1. The third-order valence-corrected chi connectivity index (χ3v) is 12.0. The van der Waals surface area contributed by atoms with Gasteiger partial charge in [-0.2, -0.15) is 0 Å². The van der Waals surface area contributed by atoms with E-state index >= 15 is 0 Å². The van der Waals surface area contributed by atoms with E-state index in [0.717, 1.165) is 78.9 Å². The number of aliphatic imine (C=N–C) groups is 1. The van der Waals surface area contributed by atoms with Crippen LogP contribution < -0.4 is 16.0 Å². The number of H-pyrrole nitrogens is 1. The second-order valence-electron chi connectivity index (χ2n) is 15.5. The Morgan fingerprint density at radius 3 is 2.17 bits per heavy atom. The topological polar surface area (TPSA) is 170 Å². The first-order valence-electron chi connectivity index (χ1n) is 20.2. The van der Waals surface area contributed by atoms with Gasteiger partial charge in [0, 0.05) is 25.0 Å². The minimum Gasteiger partial charge on any atom is -0.453 e. The Kier molecular flexibility index (Phi) is 11.4. The number of ether oxygens (including phenoxy) is 2.